The molecule has 0 saturated carbocycles. The summed E-state index contributed by atoms with van der Waals surface area (Å²) in [5.74, 6) is 0.0893. The maximum absolute atomic E-state index is 11.2. The number of amides is 1. The van der Waals surface area contributed by atoms with E-state index in [1.165, 1.54) is 0 Å². The Morgan fingerprint density at radius 3 is 2.14 bits per heavy atom. The first kappa shape index (κ1) is 12.7. The van der Waals surface area contributed by atoms with Gasteiger partial charge in [0.2, 0.25) is 5.91 Å². The number of benzene rings is 1. The standard InChI is InChI=1S/C10H13NO.C2H6.H2/c1-8(2)10(12)11-9-6-4-3-5-7-9;1-2;/h3-8H,1-2H3,(H,11,12);1-2H3;1H. The van der Waals surface area contributed by atoms with Crippen LogP contribution in [0.4, 0.5) is 5.69 Å². The molecule has 0 bridgehead atoms. The molecule has 1 N–H and O–H groups in total. The van der Waals surface area contributed by atoms with E-state index in [9.17, 15) is 4.79 Å². The first-order valence-corrected chi connectivity index (χ1v) is 5.06. The first-order chi connectivity index (χ1) is 6.70. The van der Waals surface area contributed by atoms with Crippen LogP contribution in [-0.2, 0) is 4.79 Å². The van der Waals surface area contributed by atoms with Crippen LogP contribution in [0.1, 0.15) is 29.1 Å². The Labute approximate surface area is 87.8 Å². The van der Waals surface area contributed by atoms with Gasteiger partial charge in [-0.1, -0.05) is 45.9 Å². The molecule has 1 aromatic rings. The van der Waals surface area contributed by atoms with Gasteiger partial charge < -0.3 is 5.32 Å². The van der Waals surface area contributed by atoms with Crippen LogP contribution < -0.4 is 5.32 Å². The van der Waals surface area contributed by atoms with Gasteiger partial charge >= 0.3 is 0 Å². The zero-order chi connectivity index (χ0) is 11.0. The van der Waals surface area contributed by atoms with Gasteiger partial charge in [0.05, 0.1) is 0 Å². The molecule has 0 radical (unpaired) electrons. The lowest BCUT2D eigenvalue weighted by molar-refractivity contribution is -0.118. The van der Waals surface area contributed by atoms with E-state index in [0.29, 0.717) is 0 Å². The minimum Gasteiger partial charge on any atom is -0.326 e. The molecule has 80 valence electrons. The van der Waals surface area contributed by atoms with Crippen LogP contribution in [0, 0.1) is 5.92 Å². The Morgan fingerprint density at radius 2 is 1.71 bits per heavy atom. The third kappa shape index (κ3) is 4.65. The SMILES string of the molecule is CC.CC(C)C(=O)Nc1ccccc1.[HH]. The van der Waals surface area contributed by atoms with Crippen molar-refractivity contribution in [2.75, 3.05) is 5.32 Å². The first-order valence-electron chi connectivity index (χ1n) is 5.06. The molecule has 1 aromatic carbocycles. The van der Waals surface area contributed by atoms with Gasteiger partial charge in [-0.15, -0.1) is 0 Å². The number of hydrogen-bond donors (Lipinski definition) is 1. The smallest absolute Gasteiger partial charge is 0.226 e. The highest BCUT2D eigenvalue weighted by molar-refractivity contribution is 5.91. The van der Waals surface area contributed by atoms with Crippen molar-refractivity contribution in [1.82, 2.24) is 0 Å². The molecule has 0 fully saturated rings. The van der Waals surface area contributed by atoms with E-state index in [1.54, 1.807) is 0 Å². The summed E-state index contributed by atoms with van der Waals surface area (Å²) in [4.78, 5) is 11.2. The number of anilines is 1. The van der Waals surface area contributed by atoms with Crippen molar-refractivity contribution in [3.05, 3.63) is 30.3 Å². The molecule has 0 aromatic heterocycles. The van der Waals surface area contributed by atoms with Gasteiger partial charge in [-0.25, -0.2) is 0 Å². The molecular weight excluding hydrogens is 174 g/mol. The van der Waals surface area contributed by atoms with Crippen LogP contribution in [0.5, 0.6) is 0 Å². The average Bonchev–Trinajstić information content (AvgIpc) is 2.22. The summed E-state index contributed by atoms with van der Waals surface area (Å²) in [7, 11) is 0. The number of carbonyl (C=O) groups excluding carboxylic acids is 1. The predicted molar refractivity (Wildman–Crippen MR) is 63.4 cm³/mol. The molecule has 0 aliphatic heterocycles. The van der Waals surface area contributed by atoms with Crippen molar-refractivity contribution in [3.8, 4) is 0 Å². The Kier molecular flexibility index (Phi) is 6.46. The Balaban J connectivity index is 0. The van der Waals surface area contributed by atoms with Crippen molar-refractivity contribution in [2.24, 2.45) is 5.92 Å². The van der Waals surface area contributed by atoms with Crippen molar-refractivity contribution in [2.45, 2.75) is 27.7 Å². The monoisotopic (exact) mass is 195 g/mol. The van der Waals surface area contributed by atoms with Gasteiger partial charge in [-0.2, -0.15) is 0 Å². The number of carbonyl (C=O) groups is 1. The molecule has 1 amide bonds. The van der Waals surface area contributed by atoms with Crippen molar-refractivity contribution in [3.63, 3.8) is 0 Å². The molecular formula is C12H21NO. The van der Waals surface area contributed by atoms with Crippen LogP contribution in [0.25, 0.3) is 0 Å². The Morgan fingerprint density at radius 1 is 1.21 bits per heavy atom. The molecule has 14 heavy (non-hydrogen) atoms. The minimum atomic E-state index is 0. The highest BCUT2D eigenvalue weighted by Gasteiger charge is 2.05. The van der Waals surface area contributed by atoms with Gasteiger partial charge in [0, 0.05) is 13.0 Å². The van der Waals surface area contributed by atoms with Gasteiger partial charge in [0.15, 0.2) is 0 Å². The van der Waals surface area contributed by atoms with Crippen molar-refractivity contribution in [1.29, 1.82) is 0 Å². The summed E-state index contributed by atoms with van der Waals surface area (Å²) in [6.07, 6.45) is 0. The molecule has 0 aliphatic rings. The fourth-order valence-corrected chi connectivity index (χ4v) is 0.808. The summed E-state index contributed by atoms with van der Waals surface area (Å²) in [6, 6.07) is 9.47. The van der Waals surface area contributed by atoms with Gasteiger partial charge in [-0.05, 0) is 12.1 Å². The lowest BCUT2D eigenvalue weighted by atomic mass is 10.2. The summed E-state index contributed by atoms with van der Waals surface area (Å²) in [5, 5.41) is 2.80. The summed E-state index contributed by atoms with van der Waals surface area (Å²) in [5.41, 5.74) is 0.858. The Hall–Kier alpha value is -1.31. The second kappa shape index (κ2) is 7.13. The second-order valence-corrected chi connectivity index (χ2v) is 3.01. The summed E-state index contributed by atoms with van der Waals surface area (Å²) >= 11 is 0. The van der Waals surface area contributed by atoms with Crippen LogP contribution in [0.3, 0.4) is 0 Å². The fourth-order valence-electron chi connectivity index (χ4n) is 0.808. The normalized spacial score (nSPS) is 8.93. The molecule has 2 nitrogen and oxygen atoms in total. The van der Waals surface area contributed by atoms with Crippen molar-refractivity contribution >= 4 is 11.6 Å². The van der Waals surface area contributed by atoms with Crippen molar-refractivity contribution < 1.29 is 6.22 Å². The average molecular weight is 195 g/mol. The maximum Gasteiger partial charge on any atom is 0.226 e. The van der Waals surface area contributed by atoms with E-state index in [2.05, 4.69) is 5.32 Å². The molecule has 0 saturated heterocycles. The number of hydrogen-bond acceptors (Lipinski definition) is 1. The van der Waals surface area contributed by atoms with Gasteiger partial charge in [0.1, 0.15) is 0 Å². The van der Waals surface area contributed by atoms with Crippen LogP contribution in [0.2, 0.25) is 0 Å². The number of nitrogens with one attached hydrogen (secondary N) is 1. The third-order valence-corrected chi connectivity index (χ3v) is 1.57. The second-order valence-electron chi connectivity index (χ2n) is 3.01. The molecule has 1 rings (SSSR count). The minimum absolute atomic E-state index is 0. The predicted octanol–water partition coefficient (Wildman–Crippen LogP) is 3.55. The summed E-state index contributed by atoms with van der Waals surface area (Å²) in [6.45, 7) is 7.75. The molecule has 0 atom stereocenters. The zero-order valence-electron chi connectivity index (χ0n) is 9.37. The van der Waals surface area contributed by atoms with E-state index in [4.69, 9.17) is 0 Å². The lowest BCUT2D eigenvalue weighted by Gasteiger charge is -2.06. The van der Waals surface area contributed by atoms with E-state index in [-0.39, 0.29) is 13.3 Å². The molecule has 2 heteroatoms. The van der Waals surface area contributed by atoms with E-state index in [1.807, 2.05) is 58.0 Å². The van der Waals surface area contributed by atoms with E-state index in [0.717, 1.165) is 5.69 Å². The zero-order valence-corrected chi connectivity index (χ0v) is 9.37. The molecule has 0 spiro atoms. The van der Waals surface area contributed by atoms with E-state index >= 15 is 0 Å². The number of para-hydroxylation sites is 1. The maximum atomic E-state index is 11.2. The van der Waals surface area contributed by atoms with Gasteiger partial charge in [-0.3, -0.25) is 4.79 Å². The van der Waals surface area contributed by atoms with Crippen LogP contribution in [-0.4, -0.2) is 5.91 Å². The Bertz CT molecular complexity index is 260. The van der Waals surface area contributed by atoms with Crippen LogP contribution in [0.15, 0.2) is 30.3 Å². The molecule has 0 unspecified atom stereocenters. The quantitative estimate of drug-likeness (QED) is 0.768. The van der Waals surface area contributed by atoms with Crippen LogP contribution >= 0.6 is 0 Å². The fraction of sp³-hybridized carbons (Fsp3) is 0.417. The lowest BCUT2D eigenvalue weighted by Crippen LogP contribution is -2.17. The summed E-state index contributed by atoms with van der Waals surface area (Å²) < 4.78 is 0. The molecule has 0 aliphatic carbocycles. The number of rotatable bonds is 2. The van der Waals surface area contributed by atoms with E-state index < -0.39 is 0 Å². The highest BCUT2D eigenvalue weighted by Crippen LogP contribution is 2.06. The topological polar surface area (TPSA) is 29.1 Å². The highest BCUT2D eigenvalue weighted by atomic mass is 16.1. The largest absolute Gasteiger partial charge is 0.326 e. The third-order valence-electron chi connectivity index (χ3n) is 1.57. The molecule has 0 heterocycles. The van der Waals surface area contributed by atoms with Gasteiger partial charge in [0.25, 0.3) is 0 Å².